The minimum atomic E-state index is 0.624. The van der Waals surface area contributed by atoms with E-state index in [1.54, 1.807) is 11.1 Å². The van der Waals surface area contributed by atoms with Crippen molar-refractivity contribution in [3.05, 3.63) is 47.5 Å². The molecule has 0 amide bonds. The first-order valence-corrected chi connectivity index (χ1v) is 5.69. The SMILES string of the molecule is C1=CC(C2CCc3ccccc32)CN=C1. The molecule has 0 saturated carbocycles. The van der Waals surface area contributed by atoms with Crippen LogP contribution in [0.15, 0.2) is 41.4 Å². The second-order valence-corrected chi connectivity index (χ2v) is 4.41. The molecule has 0 spiro atoms. The normalized spacial score (nSPS) is 28.0. The van der Waals surface area contributed by atoms with Crippen molar-refractivity contribution >= 4 is 6.21 Å². The van der Waals surface area contributed by atoms with Gasteiger partial charge in [-0.25, -0.2) is 0 Å². The number of allylic oxidation sites excluding steroid dienone is 1. The monoisotopic (exact) mass is 197 g/mol. The fourth-order valence-corrected chi connectivity index (χ4v) is 2.79. The lowest BCUT2D eigenvalue weighted by Crippen LogP contribution is -2.13. The summed E-state index contributed by atoms with van der Waals surface area (Å²) >= 11 is 0. The number of aliphatic imine (C=N–C) groups is 1. The molecule has 76 valence electrons. The maximum Gasteiger partial charge on any atom is 0.0458 e. The Bertz CT molecular complexity index is 417. The van der Waals surface area contributed by atoms with E-state index >= 15 is 0 Å². The Balaban J connectivity index is 1.90. The average molecular weight is 197 g/mol. The number of nitrogens with zero attached hydrogens (tertiary/aromatic N) is 1. The Hall–Kier alpha value is -1.37. The van der Waals surface area contributed by atoms with E-state index in [1.165, 1.54) is 12.8 Å². The van der Waals surface area contributed by atoms with Crippen molar-refractivity contribution in [1.29, 1.82) is 0 Å². The molecule has 1 aromatic rings. The fourth-order valence-electron chi connectivity index (χ4n) is 2.79. The van der Waals surface area contributed by atoms with Crippen molar-refractivity contribution in [3.8, 4) is 0 Å². The van der Waals surface area contributed by atoms with E-state index in [-0.39, 0.29) is 0 Å². The summed E-state index contributed by atoms with van der Waals surface area (Å²) in [4.78, 5) is 4.36. The highest BCUT2D eigenvalue weighted by Gasteiger charge is 2.28. The largest absolute Gasteiger partial charge is 0.293 e. The summed E-state index contributed by atoms with van der Waals surface area (Å²) in [6.07, 6.45) is 8.87. The highest BCUT2D eigenvalue weighted by molar-refractivity contribution is 5.72. The summed E-state index contributed by atoms with van der Waals surface area (Å²) in [6, 6.07) is 8.87. The third-order valence-electron chi connectivity index (χ3n) is 3.56. The van der Waals surface area contributed by atoms with Crippen LogP contribution in [0.3, 0.4) is 0 Å². The van der Waals surface area contributed by atoms with Crippen molar-refractivity contribution in [2.24, 2.45) is 10.9 Å². The van der Waals surface area contributed by atoms with E-state index in [1.807, 2.05) is 6.21 Å². The third kappa shape index (κ3) is 1.52. The minimum Gasteiger partial charge on any atom is -0.293 e. The van der Waals surface area contributed by atoms with Gasteiger partial charge in [0.2, 0.25) is 0 Å². The van der Waals surface area contributed by atoms with Crippen LogP contribution in [-0.4, -0.2) is 12.8 Å². The zero-order valence-electron chi connectivity index (χ0n) is 8.76. The number of aryl methyl sites for hydroxylation is 1. The molecule has 1 aliphatic heterocycles. The van der Waals surface area contributed by atoms with Crippen LogP contribution in [0.1, 0.15) is 23.5 Å². The molecule has 1 heterocycles. The Labute approximate surface area is 90.5 Å². The first-order chi connectivity index (χ1) is 7.45. The van der Waals surface area contributed by atoms with Gasteiger partial charge in [0.05, 0.1) is 0 Å². The van der Waals surface area contributed by atoms with Crippen molar-refractivity contribution in [1.82, 2.24) is 0 Å². The van der Waals surface area contributed by atoms with E-state index in [0.717, 1.165) is 6.54 Å². The molecule has 2 aliphatic rings. The summed E-state index contributed by atoms with van der Waals surface area (Å²) in [5.74, 6) is 1.33. The van der Waals surface area contributed by atoms with Gasteiger partial charge in [0, 0.05) is 18.7 Å². The van der Waals surface area contributed by atoms with E-state index in [2.05, 4.69) is 41.4 Å². The molecule has 2 atom stereocenters. The van der Waals surface area contributed by atoms with Crippen LogP contribution in [-0.2, 0) is 6.42 Å². The molecule has 3 rings (SSSR count). The molecular formula is C14H15N. The first-order valence-electron chi connectivity index (χ1n) is 5.69. The molecule has 0 N–H and O–H groups in total. The molecule has 0 radical (unpaired) electrons. The topological polar surface area (TPSA) is 12.4 Å². The lowest BCUT2D eigenvalue weighted by molar-refractivity contribution is 0.511. The average Bonchev–Trinajstić information content (AvgIpc) is 2.74. The molecule has 1 aromatic carbocycles. The number of hydrogen-bond acceptors (Lipinski definition) is 1. The molecule has 1 aliphatic carbocycles. The molecule has 15 heavy (non-hydrogen) atoms. The molecule has 0 fully saturated rings. The zero-order valence-corrected chi connectivity index (χ0v) is 8.76. The van der Waals surface area contributed by atoms with Gasteiger partial charge in [0.1, 0.15) is 0 Å². The lowest BCUT2D eigenvalue weighted by Gasteiger charge is -2.21. The second-order valence-electron chi connectivity index (χ2n) is 4.41. The molecule has 1 heteroatoms. The van der Waals surface area contributed by atoms with Crippen molar-refractivity contribution in [2.45, 2.75) is 18.8 Å². The quantitative estimate of drug-likeness (QED) is 0.656. The number of dihydropyridines is 1. The predicted octanol–water partition coefficient (Wildman–Crippen LogP) is 2.97. The van der Waals surface area contributed by atoms with Gasteiger partial charge in [-0.2, -0.15) is 0 Å². The first kappa shape index (κ1) is 8.90. The summed E-state index contributed by atoms with van der Waals surface area (Å²) in [7, 11) is 0. The molecule has 0 saturated heterocycles. The van der Waals surface area contributed by atoms with Crippen LogP contribution >= 0.6 is 0 Å². The Morgan fingerprint density at radius 1 is 1.20 bits per heavy atom. The Morgan fingerprint density at radius 2 is 2.13 bits per heavy atom. The van der Waals surface area contributed by atoms with Crippen molar-refractivity contribution < 1.29 is 0 Å². The van der Waals surface area contributed by atoms with Gasteiger partial charge in [-0.3, -0.25) is 4.99 Å². The molecule has 0 bridgehead atoms. The summed E-state index contributed by atoms with van der Waals surface area (Å²) in [5.41, 5.74) is 3.11. The molecular weight excluding hydrogens is 182 g/mol. The second kappa shape index (κ2) is 3.65. The van der Waals surface area contributed by atoms with E-state index in [0.29, 0.717) is 11.8 Å². The summed E-state index contributed by atoms with van der Waals surface area (Å²) in [5, 5.41) is 0. The van der Waals surface area contributed by atoms with Gasteiger partial charge in [-0.1, -0.05) is 30.3 Å². The van der Waals surface area contributed by atoms with Crippen LogP contribution in [0, 0.1) is 5.92 Å². The van der Waals surface area contributed by atoms with E-state index in [4.69, 9.17) is 0 Å². The van der Waals surface area contributed by atoms with Crippen molar-refractivity contribution in [2.75, 3.05) is 6.54 Å². The van der Waals surface area contributed by atoms with Crippen LogP contribution < -0.4 is 0 Å². The third-order valence-corrected chi connectivity index (χ3v) is 3.56. The van der Waals surface area contributed by atoms with Gasteiger partial charge in [0.25, 0.3) is 0 Å². The lowest BCUT2D eigenvalue weighted by atomic mass is 9.86. The van der Waals surface area contributed by atoms with Crippen molar-refractivity contribution in [3.63, 3.8) is 0 Å². The number of hydrogen-bond donors (Lipinski definition) is 0. The van der Waals surface area contributed by atoms with Gasteiger partial charge >= 0.3 is 0 Å². The zero-order chi connectivity index (χ0) is 10.1. The van der Waals surface area contributed by atoms with Gasteiger partial charge in [-0.15, -0.1) is 0 Å². The highest BCUT2D eigenvalue weighted by atomic mass is 14.7. The highest BCUT2D eigenvalue weighted by Crippen LogP contribution is 2.39. The van der Waals surface area contributed by atoms with Crippen LogP contribution in [0.4, 0.5) is 0 Å². The standard InChI is InChI=1S/C14H15N/c1-2-6-13-11(4-1)7-8-14(13)12-5-3-9-15-10-12/h1-6,9,12,14H,7-8,10H2. The van der Waals surface area contributed by atoms with Gasteiger partial charge < -0.3 is 0 Å². The maximum atomic E-state index is 4.36. The Morgan fingerprint density at radius 3 is 3.00 bits per heavy atom. The molecule has 1 nitrogen and oxygen atoms in total. The fraction of sp³-hybridized carbons (Fsp3) is 0.357. The Kier molecular flexibility index (Phi) is 2.17. The number of fused-ring (bicyclic) bond motifs is 1. The van der Waals surface area contributed by atoms with Crippen LogP contribution in [0.25, 0.3) is 0 Å². The predicted molar refractivity (Wildman–Crippen MR) is 63.5 cm³/mol. The summed E-state index contributed by atoms with van der Waals surface area (Å²) in [6.45, 7) is 0.968. The maximum absolute atomic E-state index is 4.36. The molecule has 2 unspecified atom stereocenters. The van der Waals surface area contributed by atoms with E-state index < -0.39 is 0 Å². The van der Waals surface area contributed by atoms with Crippen LogP contribution in [0.2, 0.25) is 0 Å². The molecule has 0 aromatic heterocycles. The van der Waals surface area contributed by atoms with Crippen LogP contribution in [0.5, 0.6) is 0 Å². The van der Waals surface area contributed by atoms with Gasteiger partial charge in [0.15, 0.2) is 0 Å². The minimum absolute atomic E-state index is 0.624. The van der Waals surface area contributed by atoms with E-state index in [9.17, 15) is 0 Å². The smallest absolute Gasteiger partial charge is 0.0458 e. The van der Waals surface area contributed by atoms with Gasteiger partial charge in [-0.05, 0) is 36.0 Å². The summed E-state index contributed by atoms with van der Waals surface area (Å²) < 4.78 is 0. The number of rotatable bonds is 1. The number of benzene rings is 1.